The number of carbonyl (C=O) groups excluding carboxylic acids is 1. The van der Waals surface area contributed by atoms with Crippen molar-refractivity contribution in [3.05, 3.63) is 0 Å². The molecular weight excluding hydrogens is 254 g/mol. The number of nitrogens with zero attached hydrogens (tertiary/aromatic N) is 1. The van der Waals surface area contributed by atoms with E-state index in [1.165, 1.54) is 12.8 Å². The zero-order chi connectivity index (χ0) is 11.3. The predicted molar refractivity (Wildman–Crippen MR) is 67.2 cm³/mol. The van der Waals surface area contributed by atoms with Gasteiger partial charge in [0.05, 0.1) is 0 Å². The van der Waals surface area contributed by atoms with Gasteiger partial charge < -0.3 is 4.90 Å². The minimum Gasteiger partial charge on any atom is -0.345 e. The predicted octanol–water partition coefficient (Wildman–Crippen LogP) is 3.20. The third-order valence-corrected chi connectivity index (χ3v) is 4.23. The minimum absolute atomic E-state index is 0.0128. The Kier molecular flexibility index (Phi) is 5.10. The summed E-state index contributed by atoms with van der Waals surface area (Å²) in [4.78, 5) is 14.2. The highest BCUT2D eigenvalue weighted by atomic mass is 79.9. The Bertz CT molecular complexity index is 212. The summed E-state index contributed by atoms with van der Waals surface area (Å²) in [7, 11) is 1.95. The van der Waals surface area contributed by atoms with Crippen LogP contribution < -0.4 is 0 Å². The van der Waals surface area contributed by atoms with Gasteiger partial charge in [-0.05, 0) is 25.7 Å². The van der Waals surface area contributed by atoms with Gasteiger partial charge in [0.2, 0.25) is 5.91 Å². The van der Waals surface area contributed by atoms with Crippen molar-refractivity contribution in [1.29, 1.82) is 0 Å². The summed E-state index contributed by atoms with van der Waals surface area (Å²) in [6.07, 6.45) is 6.70. The lowest BCUT2D eigenvalue weighted by Crippen LogP contribution is -2.40. The number of hydrogen-bond donors (Lipinski definition) is 0. The molecule has 0 aromatic heterocycles. The Morgan fingerprint density at radius 2 is 2.00 bits per heavy atom. The quantitative estimate of drug-likeness (QED) is 0.706. The van der Waals surface area contributed by atoms with Crippen LogP contribution in [0.4, 0.5) is 0 Å². The van der Waals surface area contributed by atoms with Gasteiger partial charge >= 0.3 is 0 Å². The van der Waals surface area contributed by atoms with Gasteiger partial charge in [-0.1, -0.05) is 35.7 Å². The molecule has 2 nitrogen and oxygen atoms in total. The van der Waals surface area contributed by atoms with Crippen LogP contribution in [0.3, 0.4) is 0 Å². The number of carbonyl (C=O) groups is 1. The zero-order valence-corrected chi connectivity index (χ0v) is 11.5. The molecule has 3 heteroatoms. The van der Waals surface area contributed by atoms with Gasteiger partial charge in [-0.3, -0.25) is 4.79 Å². The van der Waals surface area contributed by atoms with Gasteiger partial charge in [0, 0.05) is 24.3 Å². The third-order valence-electron chi connectivity index (χ3n) is 3.66. The van der Waals surface area contributed by atoms with Crippen LogP contribution in [-0.2, 0) is 4.79 Å². The zero-order valence-electron chi connectivity index (χ0n) is 9.89. The molecule has 0 N–H and O–H groups in total. The van der Waals surface area contributed by atoms with E-state index in [4.69, 9.17) is 0 Å². The molecule has 1 fully saturated rings. The maximum absolute atomic E-state index is 12.3. The lowest BCUT2D eigenvalue weighted by atomic mass is 9.82. The van der Waals surface area contributed by atoms with Crippen molar-refractivity contribution >= 4 is 21.8 Å². The van der Waals surface area contributed by atoms with Gasteiger partial charge in [-0.25, -0.2) is 0 Å². The van der Waals surface area contributed by atoms with Crippen LogP contribution in [0.15, 0.2) is 0 Å². The fraction of sp³-hybridized carbons (Fsp3) is 0.917. The lowest BCUT2D eigenvalue weighted by Gasteiger charge is -2.31. The summed E-state index contributed by atoms with van der Waals surface area (Å²) < 4.78 is 0. The van der Waals surface area contributed by atoms with E-state index in [0.717, 1.165) is 37.6 Å². The summed E-state index contributed by atoms with van der Waals surface area (Å²) in [5.74, 6) is 0.378. The number of hydrogen-bond acceptors (Lipinski definition) is 1. The Labute approximate surface area is 102 Å². The largest absolute Gasteiger partial charge is 0.345 e. The monoisotopic (exact) mass is 275 g/mol. The molecule has 15 heavy (non-hydrogen) atoms. The van der Waals surface area contributed by atoms with E-state index in [0.29, 0.717) is 5.91 Å². The Morgan fingerprint density at radius 3 is 2.47 bits per heavy atom. The average Bonchev–Trinajstić information content (AvgIpc) is 2.74. The van der Waals surface area contributed by atoms with Crippen LogP contribution in [-0.4, -0.2) is 29.7 Å². The molecule has 0 aliphatic heterocycles. The molecule has 0 heterocycles. The van der Waals surface area contributed by atoms with Crippen molar-refractivity contribution in [3.63, 3.8) is 0 Å². The van der Waals surface area contributed by atoms with E-state index in [1.54, 1.807) is 0 Å². The molecule has 0 saturated heterocycles. The molecule has 1 aliphatic carbocycles. The number of halogens is 1. The number of amides is 1. The number of alkyl halides is 1. The Balaban J connectivity index is 2.56. The Hall–Kier alpha value is -0.0500. The highest BCUT2D eigenvalue weighted by Crippen LogP contribution is 2.42. The van der Waals surface area contributed by atoms with Gasteiger partial charge in [0.1, 0.15) is 0 Å². The fourth-order valence-electron chi connectivity index (χ4n) is 2.57. The van der Waals surface area contributed by atoms with Crippen LogP contribution in [0.2, 0.25) is 0 Å². The summed E-state index contributed by atoms with van der Waals surface area (Å²) in [5.41, 5.74) is -0.0128. The van der Waals surface area contributed by atoms with E-state index in [-0.39, 0.29) is 5.41 Å². The Morgan fingerprint density at radius 1 is 1.40 bits per heavy atom. The highest BCUT2D eigenvalue weighted by molar-refractivity contribution is 9.09. The standard InChI is InChI=1S/C12H22BrNO/c1-3-12(7-4-5-8-12)11(15)14(2)10-6-9-13/h3-10H2,1-2H3. The third kappa shape index (κ3) is 2.96. The molecule has 0 atom stereocenters. The smallest absolute Gasteiger partial charge is 0.228 e. The van der Waals surface area contributed by atoms with Gasteiger partial charge in [0.15, 0.2) is 0 Å². The molecule has 1 aliphatic rings. The first kappa shape index (κ1) is 13.0. The summed E-state index contributed by atoms with van der Waals surface area (Å²) in [5, 5.41) is 0.976. The normalized spacial score (nSPS) is 19.1. The molecule has 1 rings (SSSR count). The molecule has 0 radical (unpaired) electrons. The molecule has 0 aromatic rings. The second kappa shape index (κ2) is 5.88. The minimum atomic E-state index is -0.0128. The van der Waals surface area contributed by atoms with Crippen LogP contribution in [0.25, 0.3) is 0 Å². The molecule has 1 amide bonds. The van der Waals surface area contributed by atoms with Gasteiger partial charge in [-0.15, -0.1) is 0 Å². The van der Waals surface area contributed by atoms with E-state index in [2.05, 4.69) is 22.9 Å². The second-order valence-electron chi connectivity index (χ2n) is 4.61. The van der Waals surface area contributed by atoms with Crippen LogP contribution in [0, 0.1) is 5.41 Å². The van der Waals surface area contributed by atoms with E-state index in [1.807, 2.05) is 11.9 Å². The molecule has 88 valence electrons. The topological polar surface area (TPSA) is 20.3 Å². The maximum atomic E-state index is 12.3. The first-order valence-electron chi connectivity index (χ1n) is 5.98. The highest BCUT2D eigenvalue weighted by Gasteiger charge is 2.40. The van der Waals surface area contributed by atoms with Crippen LogP contribution in [0.1, 0.15) is 45.4 Å². The average molecular weight is 276 g/mol. The summed E-state index contributed by atoms with van der Waals surface area (Å²) >= 11 is 3.40. The lowest BCUT2D eigenvalue weighted by molar-refractivity contribution is -0.140. The molecule has 0 bridgehead atoms. The van der Waals surface area contributed by atoms with Crippen LogP contribution >= 0.6 is 15.9 Å². The first-order chi connectivity index (χ1) is 7.16. The van der Waals surface area contributed by atoms with Gasteiger partial charge in [0.25, 0.3) is 0 Å². The summed E-state index contributed by atoms with van der Waals surface area (Å²) in [6, 6.07) is 0. The molecule has 1 saturated carbocycles. The van der Waals surface area contributed by atoms with Crippen LogP contribution in [0.5, 0.6) is 0 Å². The van der Waals surface area contributed by atoms with Crippen molar-refractivity contribution in [2.75, 3.05) is 18.9 Å². The van der Waals surface area contributed by atoms with Crippen molar-refractivity contribution < 1.29 is 4.79 Å². The SMILES string of the molecule is CCC1(C(=O)N(C)CCCBr)CCCC1. The second-order valence-corrected chi connectivity index (χ2v) is 5.40. The number of rotatable bonds is 5. The van der Waals surface area contributed by atoms with Crippen molar-refractivity contribution in [2.24, 2.45) is 5.41 Å². The fourth-order valence-corrected chi connectivity index (χ4v) is 2.82. The molecule has 0 spiro atoms. The van der Waals surface area contributed by atoms with Crippen molar-refractivity contribution in [2.45, 2.75) is 45.4 Å². The molecule has 0 unspecified atom stereocenters. The molecule has 0 aromatic carbocycles. The van der Waals surface area contributed by atoms with E-state index in [9.17, 15) is 4.79 Å². The van der Waals surface area contributed by atoms with Crippen molar-refractivity contribution in [3.8, 4) is 0 Å². The summed E-state index contributed by atoms with van der Waals surface area (Å²) in [6.45, 7) is 3.04. The van der Waals surface area contributed by atoms with Crippen molar-refractivity contribution in [1.82, 2.24) is 4.90 Å². The maximum Gasteiger partial charge on any atom is 0.228 e. The van der Waals surface area contributed by atoms with E-state index >= 15 is 0 Å². The van der Waals surface area contributed by atoms with Gasteiger partial charge in [-0.2, -0.15) is 0 Å². The first-order valence-corrected chi connectivity index (χ1v) is 7.10. The molecular formula is C12H22BrNO. The van der Waals surface area contributed by atoms with E-state index < -0.39 is 0 Å².